The van der Waals surface area contributed by atoms with Crippen molar-refractivity contribution < 1.29 is 23.4 Å². The van der Waals surface area contributed by atoms with E-state index in [2.05, 4.69) is 32.8 Å². The molecular formula is C29H27ClFIN4O4S. The van der Waals surface area contributed by atoms with Crippen LogP contribution in [0.15, 0.2) is 42.5 Å². The minimum Gasteiger partial charge on any atom is -0.497 e. The van der Waals surface area contributed by atoms with Gasteiger partial charge in [0.25, 0.3) is 0 Å². The Balaban J connectivity index is 1.35. The van der Waals surface area contributed by atoms with Crippen molar-refractivity contribution in [3.05, 3.63) is 84.3 Å². The zero-order chi connectivity index (χ0) is 28.9. The normalized spacial score (nSPS) is 12.7. The summed E-state index contributed by atoms with van der Waals surface area (Å²) in [5.74, 6) is 0.708. The molecule has 12 heteroatoms. The van der Waals surface area contributed by atoms with Gasteiger partial charge in [-0.25, -0.2) is 14.2 Å². The maximum Gasteiger partial charge on any atom is 0.358 e. The molecule has 0 spiro atoms. The van der Waals surface area contributed by atoms with Crippen LogP contribution in [0, 0.1) is 16.3 Å². The Morgan fingerprint density at radius 3 is 2.76 bits per heavy atom. The number of esters is 1. The van der Waals surface area contributed by atoms with Crippen molar-refractivity contribution in [3.8, 4) is 11.5 Å². The van der Waals surface area contributed by atoms with Crippen molar-refractivity contribution >= 4 is 62.4 Å². The summed E-state index contributed by atoms with van der Waals surface area (Å²) < 4.78 is 31.5. The summed E-state index contributed by atoms with van der Waals surface area (Å²) in [6.45, 7) is 3.00. The first-order valence-corrected chi connectivity index (χ1v) is 15.3. The van der Waals surface area contributed by atoms with Gasteiger partial charge in [0.15, 0.2) is 33.4 Å². The molecule has 3 heterocycles. The number of halogens is 3. The number of methoxy groups -OCH3 is 1. The first-order chi connectivity index (χ1) is 19.8. The summed E-state index contributed by atoms with van der Waals surface area (Å²) in [5.41, 5.74) is 3.02. The summed E-state index contributed by atoms with van der Waals surface area (Å²) in [6.07, 6.45) is 2.78. The number of benzene rings is 2. The Labute approximate surface area is 260 Å². The van der Waals surface area contributed by atoms with Gasteiger partial charge in [-0.05, 0) is 96.7 Å². The zero-order valence-corrected chi connectivity index (χ0v) is 26.2. The Hall–Kier alpha value is -3.03. The fourth-order valence-corrected chi connectivity index (χ4v) is 6.19. The zero-order valence-electron chi connectivity index (χ0n) is 22.5. The molecule has 0 fully saturated rings. The molecule has 0 saturated heterocycles. The van der Waals surface area contributed by atoms with Gasteiger partial charge in [0.05, 0.1) is 13.7 Å². The Kier molecular flexibility index (Phi) is 9.56. The number of fused-ring (bicyclic) bond motifs is 1. The Morgan fingerprint density at radius 1 is 1.20 bits per heavy atom. The van der Waals surface area contributed by atoms with Crippen molar-refractivity contribution in [1.29, 1.82) is 0 Å². The molecule has 0 unspecified atom stereocenters. The summed E-state index contributed by atoms with van der Waals surface area (Å²) in [6, 6.07) is 12.2. The average Bonchev–Trinajstić information content (AvgIpc) is 3.41. The van der Waals surface area contributed by atoms with Crippen LogP contribution in [0.2, 0.25) is 5.15 Å². The van der Waals surface area contributed by atoms with E-state index in [0.29, 0.717) is 35.5 Å². The van der Waals surface area contributed by atoms with E-state index in [1.54, 1.807) is 19.2 Å². The highest BCUT2D eigenvalue weighted by molar-refractivity contribution is 14.1. The third-order valence-corrected chi connectivity index (χ3v) is 8.84. The van der Waals surface area contributed by atoms with Gasteiger partial charge in [0.2, 0.25) is 0 Å². The lowest BCUT2D eigenvalue weighted by Crippen LogP contribution is -2.27. The van der Waals surface area contributed by atoms with E-state index in [-0.39, 0.29) is 24.7 Å². The molecular weight excluding hydrogens is 682 g/mol. The van der Waals surface area contributed by atoms with Crippen LogP contribution >= 0.6 is 45.5 Å². The highest BCUT2D eigenvalue weighted by Gasteiger charge is 2.28. The largest absolute Gasteiger partial charge is 0.497 e. The molecule has 0 atom stereocenters. The number of carbonyl (C=O) groups excluding carboxylic acids is 1. The minimum atomic E-state index is -0.515. The molecule has 0 radical (unpaired) electrons. The second-order valence-electron chi connectivity index (χ2n) is 9.39. The summed E-state index contributed by atoms with van der Waals surface area (Å²) in [7, 11) is 1.60. The maximum absolute atomic E-state index is 14.2. The van der Waals surface area contributed by atoms with Crippen molar-refractivity contribution in [1.82, 2.24) is 15.2 Å². The number of thiazole rings is 1. The number of rotatable bonds is 10. The summed E-state index contributed by atoms with van der Waals surface area (Å²) >= 11 is 9.70. The standard InChI is InChI=1S/C29H27ClFIN4O4S/c1-17-21-5-3-13-36(27(21)35-34-26(17)30)29-33-25(28(37)40-16-18-7-10-20(38-2)11-8-18)24(41-29)6-4-14-39-23-12-9-19(32)15-22(23)31/h7-12,15H,3-6,13-14,16H2,1-2H3. The van der Waals surface area contributed by atoms with Gasteiger partial charge in [0.1, 0.15) is 12.4 Å². The van der Waals surface area contributed by atoms with E-state index >= 15 is 0 Å². The highest BCUT2D eigenvalue weighted by Crippen LogP contribution is 2.38. The molecule has 0 amide bonds. The molecule has 214 valence electrons. The van der Waals surface area contributed by atoms with Crippen LogP contribution in [-0.2, 0) is 24.2 Å². The predicted molar refractivity (Wildman–Crippen MR) is 164 cm³/mol. The lowest BCUT2D eigenvalue weighted by atomic mass is 10.0. The van der Waals surface area contributed by atoms with Gasteiger partial charge < -0.3 is 19.1 Å². The van der Waals surface area contributed by atoms with Crippen molar-refractivity contribution in [2.24, 2.45) is 0 Å². The molecule has 0 N–H and O–H groups in total. The third kappa shape index (κ3) is 6.90. The molecule has 5 rings (SSSR count). The number of hydrogen-bond donors (Lipinski definition) is 0. The maximum atomic E-state index is 14.2. The van der Waals surface area contributed by atoms with Crippen LogP contribution in [-0.4, -0.2) is 41.4 Å². The second kappa shape index (κ2) is 13.3. The topological polar surface area (TPSA) is 86.7 Å². The molecule has 1 aliphatic rings. The average molecular weight is 709 g/mol. The van der Waals surface area contributed by atoms with Gasteiger partial charge >= 0.3 is 5.97 Å². The van der Waals surface area contributed by atoms with Crippen LogP contribution in [0.5, 0.6) is 11.5 Å². The number of anilines is 2. The molecule has 41 heavy (non-hydrogen) atoms. The number of aromatic nitrogens is 3. The van der Waals surface area contributed by atoms with Crippen molar-refractivity contribution in [2.75, 3.05) is 25.2 Å². The SMILES string of the molecule is COc1ccc(COC(=O)c2nc(N3CCCc4c3nnc(Cl)c4C)sc2CCCOc2ccc(I)cc2F)cc1. The molecule has 1 aliphatic heterocycles. The number of nitrogens with zero attached hydrogens (tertiary/aromatic N) is 4. The van der Waals surface area contributed by atoms with Gasteiger partial charge in [-0.15, -0.1) is 21.5 Å². The molecule has 0 bridgehead atoms. The van der Waals surface area contributed by atoms with E-state index in [4.69, 9.17) is 30.8 Å². The monoisotopic (exact) mass is 708 g/mol. The van der Waals surface area contributed by atoms with Crippen LogP contribution in [0.1, 0.15) is 44.9 Å². The fourth-order valence-electron chi connectivity index (χ4n) is 4.47. The first-order valence-electron chi connectivity index (χ1n) is 13.0. The number of hydrogen-bond acceptors (Lipinski definition) is 9. The van der Waals surface area contributed by atoms with Gasteiger partial charge in [0, 0.05) is 20.6 Å². The lowest BCUT2D eigenvalue weighted by molar-refractivity contribution is 0.0465. The van der Waals surface area contributed by atoms with E-state index in [0.717, 1.165) is 43.7 Å². The van der Waals surface area contributed by atoms with Crippen LogP contribution in [0.3, 0.4) is 0 Å². The third-order valence-electron chi connectivity index (χ3n) is 6.67. The Bertz CT molecular complexity index is 1550. The summed E-state index contributed by atoms with van der Waals surface area (Å²) in [4.78, 5) is 20.8. The van der Waals surface area contributed by atoms with Gasteiger partial charge in [-0.1, -0.05) is 23.7 Å². The van der Waals surface area contributed by atoms with Gasteiger partial charge in [-0.2, -0.15) is 0 Å². The molecule has 0 aliphatic carbocycles. The number of carbonyl (C=O) groups is 1. The molecule has 2 aromatic carbocycles. The Morgan fingerprint density at radius 2 is 2.00 bits per heavy atom. The smallest absolute Gasteiger partial charge is 0.358 e. The van der Waals surface area contributed by atoms with E-state index in [1.165, 1.54) is 17.4 Å². The molecule has 0 saturated carbocycles. The first kappa shape index (κ1) is 29.5. The van der Waals surface area contributed by atoms with E-state index < -0.39 is 11.8 Å². The van der Waals surface area contributed by atoms with E-state index in [1.807, 2.05) is 36.1 Å². The number of aryl methyl sites for hydroxylation is 1. The summed E-state index contributed by atoms with van der Waals surface area (Å²) in [5, 5.41) is 9.50. The molecule has 2 aromatic heterocycles. The highest BCUT2D eigenvalue weighted by atomic mass is 127. The fraction of sp³-hybridized carbons (Fsp3) is 0.310. The van der Waals surface area contributed by atoms with Crippen LogP contribution in [0.4, 0.5) is 15.3 Å². The van der Waals surface area contributed by atoms with Crippen LogP contribution in [0.25, 0.3) is 0 Å². The predicted octanol–water partition coefficient (Wildman–Crippen LogP) is 7.10. The van der Waals surface area contributed by atoms with Crippen molar-refractivity contribution in [3.63, 3.8) is 0 Å². The van der Waals surface area contributed by atoms with E-state index in [9.17, 15) is 9.18 Å². The minimum absolute atomic E-state index is 0.0973. The quantitative estimate of drug-likeness (QED) is 0.0981. The lowest BCUT2D eigenvalue weighted by Gasteiger charge is -2.28. The molecule has 4 aromatic rings. The second-order valence-corrected chi connectivity index (χ2v) is 12.1. The number of ether oxygens (including phenoxy) is 3. The van der Waals surface area contributed by atoms with Gasteiger partial charge in [-0.3, -0.25) is 0 Å². The van der Waals surface area contributed by atoms with Crippen molar-refractivity contribution in [2.45, 2.75) is 39.2 Å². The van der Waals surface area contributed by atoms with Crippen LogP contribution < -0.4 is 14.4 Å². The molecule has 8 nitrogen and oxygen atoms in total.